The number of aromatic hydroxyl groups is 1. The lowest BCUT2D eigenvalue weighted by atomic mass is 9.96. The Morgan fingerprint density at radius 1 is 1.33 bits per heavy atom. The second kappa shape index (κ2) is 5.42. The number of rotatable bonds is 3. The summed E-state index contributed by atoms with van der Waals surface area (Å²) in [5.41, 5.74) is 2.34. The van der Waals surface area contributed by atoms with Crippen molar-refractivity contribution in [1.29, 1.82) is 0 Å². The fourth-order valence-electron chi connectivity index (χ4n) is 2.63. The predicted octanol–water partition coefficient (Wildman–Crippen LogP) is 2.71. The van der Waals surface area contributed by atoms with Crippen LogP contribution in [0.4, 0.5) is 0 Å². The maximum absolute atomic E-state index is 12.3. The average Bonchev–Trinajstić information content (AvgIpc) is 2.39. The van der Waals surface area contributed by atoms with Gasteiger partial charge in [-0.3, -0.25) is 4.79 Å². The molecule has 1 N–H and O–H groups in total. The Balaban J connectivity index is 2.14. The zero-order valence-corrected chi connectivity index (χ0v) is 11.1. The molecule has 1 aliphatic rings. The highest BCUT2D eigenvalue weighted by atomic mass is 16.3. The molecule has 0 saturated heterocycles. The van der Waals surface area contributed by atoms with Crippen LogP contribution >= 0.6 is 0 Å². The van der Waals surface area contributed by atoms with Gasteiger partial charge in [0.1, 0.15) is 5.75 Å². The molecule has 0 unspecified atom stereocenters. The fourth-order valence-corrected chi connectivity index (χ4v) is 2.63. The van der Waals surface area contributed by atoms with Crippen LogP contribution in [0.25, 0.3) is 0 Å². The van der Waals surface area contributed by atoms with Crippen LogP contribution < -0.4 is 0 Å². The standard InChI is InChI=1S/C15H21NO2/c1-3-11(4-2)15(18)16-8-7-12-5-6-14(17)9-13(12)10-16/h5-6,9,11,17H,3-4,7-8,10H2,1-2H3. The van der Waals surface area contributed by atoms with E-state index in [1.807, 2.05) is 11.0 Å². The number of amides is 1. The molecule has 0 bridgehead atoms. The first kappa shape index (κ1) is 12.9. The molecular weight excluding hydrogens is 226 g/mol. The van der Waals surface area contributed by atoms with E-state index in [0.717, 1.165) is 31.4 Å². The number of phenolic OH excluding ortho intramolecular Hbond substituents is 1. The molecule has 0 fully saturated rings. The number of hydrogen-bond acceptors (Lipinski definition) is 2. The van der Waals surface area contributed by atoms with Crippen LogP contribution in [-0.2, 0) is 17.8 Å². The third-order valence-corrected chi connectivity index (χ3v) is 3.85. The van der Waals surface area contributed by atoms with Gasteiger partial charge in [0.15, 0.2) is 0 Å². The SMILES string of the molecule is CCC(CC)C(=O)N1CCc2ccc(O)cc2C1. The van der Waals surface area contributed by atoms with Crippen LogP contribution in [0.3, 0.4) is 0 Å². The quantitative estimate of drug-likeness (QED) is 0.892. The predicted molar refractivity (Wildman–Crippen MR) is 71.3 cm³/mol. The zero-order valence-electron chi connectivity index (χ0n) is 11.1. The number of fused-ring (bicyclic) bond motifs is 1. The van der Waals surface area contributed by atoms with Gasteiger partial charge < -0.3 is 10.0 Å². The van der Waals surface area contributed by atoms with Crippen LogP contribution in [0, 0.1) is 5.92 Å². The highest BCUT2D eigenvalue weighted by Crippen LogP contribution is 2.25. The molecule has 0 spiro atoms. The van der Waals surface area contributed by atoms with Crippen molar-refractivity contribution >= 4 is 5.91 Å². The molecule has 1 heterocycles. The molecular formula is C15H21NO2. The van der Waals surface area contributed by atoms with E-state index in [4.69, 9.17) is 0 Å². The van der Waals surface area contributed by atoms with E-state index in [1.54, 1.807) is 12.1 Å². The summed E-state index contributed by atoms with van der Waals surface area (Å²) in [6.07, 6.45) is 2.69. The Bertz CT molecular complexity index is 438. The van der Waals surface area contributed by atoms with Gasteiger partial charge in [0, 0.05) is 19.0 Å². The Hall–Kier alpha value is -1.51. The summed E-state index contributed by atoms with van der Waals surface area (Å²) >= 11 is 0. The highest BCUT2D eigenvalue weighted by molar-refractivity contribution is 5.79. The number of hydrogen-bond donors (Lipinski definition) is 1. The van der Waals surface area contributed by atoms with Crippen LogP contribution in [-0.4, -0.2) is 22.5 Å². The summed E-state index contributed by atoms with van der Waals surface area (Å²) in [7, 11) is 0. The van der Waals surface area contributed by atoms with E-state index in [9.17, 15) is 9.90 Å². The van der Waals surface area contributed by atoms with Crippen LogP contribution in [0.5, 0.6) is 5.75 Å². The molecule has 18 heavy (non-hydrogen) atoms. The Morgan fingerprint density at radius 2 is 2.06 bits per heavy atom. The van der Waals surface area contributed by atoms with Gasteiger partial charge in [-0.05, 0) is 42.5 Å². The summed E-state index contributed by atoms with van der Waals surface area (Å²) in [5.74, 6) is 0.684. The van der Waals surface area contributed by atoms with Gasteiger partial charge >= 0.3 is 0 Å². The molecule has 98 valence electrons. The van der Waals surface area contributed by atoms with Gasteiger partial charge in [0.2, 0.25) is 5.91 Å². The summed E-state index contributed by atoms with van der Waals surface area (Å²) in [6.45, 7) is 5.57. The normalized spacial score (nSPS) is 14.7. The Kier molecular flexibility index (Phi) is 3.90. The third kappa shape index (κ3) is 2.50. The smallest absolute Gasteiger partial charge is 0.225 e. The van der Waals surface area contributed by atoms with Gasteiger partial charge in [-0.15, -0.1) is 0 Å². The van der Waals surface area contributed by atoms with Crippen LogP contribution in [0.15, 0.2) is 18.2 Å². The van der Waals surface area contributed by atoms with Crippen molar-refractivity contribution in [2.75, 3.05) is 6.54 Å². The summed E-state index contributed by atoms with van der Waals surface area (Å²) < 4.78 is 0. The number of nitrogens with zero attached hydrogens (tertiary/aromatic N) is 1. The van der Waals surface area contributed by atoms with Crippen molar-refractivity contribution in [2.24, 2.45) is 5.92 Å². The van der Waals surface area contributed by atoms with Crippen molar-refractivity contribution in [3.63, 3.8) is 0 Å². The second-order valence-electron chi connectivity index (χ2n) is 4.98. The Labute approximate surface area is 108 Å². The number of phenols is 1. The molecule has 2 rings (SSSR count). The molecule has 0 atom stereocenters. The first-order valence-corrected chi connectivity index (χ1v) is 6.75. The van der Waals surface area contributed by atoms with E-state index in [-0.39, 0.29) is 17.6 Å². The molecule has 0 aliphatic carbocycles. The lowest BCUT2D eigenvalue weighted by Crippen LogP contribution is -2.39. The maximum Gasteiger partial charge on any atom is 0.225 e. The topological polar surface area (TPSA) is 40.5 Å². The minimum absolute atomic E-state index is 0.142. The molecule has 3 heteroatoms. The van der Waals surface area contributed by atoms with Gasteiger partial charge in [-0.25, -0.2) is 0 Å². The van der Waals surface area contributed by atoms with Crippen molar-refractivity contribution < 1.29 is 9.90 Å². The summed E-state index contributed by atoms with van der Waals surface area (Å²) in [6, 6.07) is 5.46. The monoisotopic (exact) mass is 247 g/mol. The second-order valence-corrected chi connectivity index (χ2v) is 4.98. The fraction of sp³-hybridized carbons (Fsp3) is 0.533. The average molecular weight is 247 g/mol. The van der Waals surface area contributed by atoms with Crippen LogP contribution in [0.2, 0.25) is 0 Å². The molecule has 3 nitrogen and oxygen atoms in total. The van der Waals surface area contributed by atoms with E-state index in [1.165, 1.54) is 5.56 Å². The summed E-state index contributed by atoms with van der Waals surface area (Å²) in [4.78, 5) is 14.2. The maximum atomic E-state index is 12.3. The molecule has 0 aromatic heterocycles. The number of carbonyl (C=O) groups is 1. The van der Waals surface area contributed by atoms with Crippen molar-refractivity contribution in [3.8, 4) is 5.75 Å². The van der Waals surface area contributed by atoms with Gasteiger partial charge in [-0.1, -0.05) is 19.9 Å². The highest BCUT2D eigenvalue weighted by Gasteiger charge is 2.25. The zero-order chi connectivity index (χ0) is 13.1. The number of carbonyl (C=O) groups excluding carboxylic acids is 1. The third-order valence-electron chi connectivity index (χ3n) is 3.85. The van der Waals surface area contributed by atoms with E-state index in [2.05, 4.69) is 13.8 Å². The van der Waals surface area contributed by atoms with Gasteiger partial charge in [-0.2, -0.15) is 0 Å². The van der Waals surface area contributed by atoms with Gasteiger partial charge in [0.05, 0.1) is 0 Å². The van der Waals surface area contributed by atoms with Crippen LogP contribution in [0.1, 0.15) is 37.8 Å². The van der Waals surface area contributed by atoms with E-state index in [0.29, 0.717) is 6.54 Å². The van der Waals surface area contributed by atoms with E-state index < -0.39 is 0 Å². The largest absolute Gasteiger partial charge is 0.508 e. The molecule has 1 aliphatic heterocycles. The molecule has 1 amide bonds. The first-order valence-electron chi connectivity index (χ1n) is 6.75. The minimum Gasteiger partial charge on any atom is -0.508 e. The van der Waals surface area contributed by atoms with E-state index >= 15 is 0 Å². The Morgan fingerprint density at radius 3 is 2.72 bits per heavy atom. The molecule has 0 saturated carbocycles. The molecule has 1 aromatic rings. The summed E-state index contributed by atoms with van der Waals surface area (Å²) in [5, 5.41) is 9.51. The van der Waals surface area contributed by atoms with Crippen molar-refractivity contribution in [3.05, 3.63) is 29.3 Å². The first-order chi connectivity index (χ1) is 8.65. The minimum atomic E-state index is 0.142. The molecule has 1 aromatic carbocycles. The lowest BCUT2D eigenvalue weighted by molar-refractivity contribution is -0.136. The number of benzene rings is 1. The van der Waals surface area contributed by atoms with Crippen molar-refractivity contribution in [1.82, 2.24) is 4.90 Å². The van der Waals surface area contributed by atoms with Gasteiger partial charge in [0.25, 0.3) is 0 Å². The van der Waals surface area contributed by atoms with Crippen molar-refractivity contribution in [2.45, 2.75) is 39.7 Å². The molecule has 0 radical (unpaired) electrons. The lowest BCUT2D eigenvalue weighted by Gasteiger charge is -2.31.